The van der Waals surface area contributed by atoms with Gasteiger partial charge in [0.1, 0.15) is 0 Å². The Labute approximate surface area is 207 Å². The number of aliphatic hydroxyl groups excluding tert-OH is 4. The number of fused-ring (bicyclic) bond motifs is 5. The van der Waals surface area contributed by atoms with E-state index in [1.54, 1.807) is 0 Å². The summed E-state index contributed by atoms with van der Waals surface area (Å²) >= 11 is 0. The summed E-state index contributed by atoms with van der Waals surface area (Å²) in [5.41, 5.74) is 1.78. The van der Waals surface area contributed by atoms with Crippen LogP contribution < -0.4 is 0 Å². The molecule has 0 aliphatic heterocycles. The van der Waals surface area contributed by atoms with Crippen molar-refractivity contribution >= 4 is 0 Å². The zero-order chi connectivity index (χ0) is 25.3. The van der Waals surface area contributed by atoms with E-state index < -0.39 is 23.7 Å². The lowest BCUT2D eigenvalue weighted by Gasteiger charge is -2.66. The topological polar surface area (TPSA) is 80.9 Å². The number of allylic oxidation sites excluding steroid dienone is 2. The molecule has 10 unspecified atom stereocenters. The highest BCUT2D eigenvalue weighted by Gasteiger charge is 2.69. The molecular formula is C30H50O4. The van der Waals surface area contributed by atoms with Crippen LogP contribution in [-0.4, -0.2) is 45.3 Å². The van der Waals surface area contributed by atoms with Gasteiger partial charge in [-0.05, 0) is 79.4 Å². The van der Waals surface area contributed by atoms with Crippen LogP contribution in [0.15, 0.2) is 23.3 Å². The van der Waals surface area contributed by atoms with Gasteiger partial charge in [0.15, 0.2) is 0 Å². The fourth-order valence-corrected chi connectivity index (χ4v) is 9.55. The molecule has 0 aromatic rings. The Morgan fingerprint density at radius 1 is 1.12 bits per heavy atom. The van der Waals surface area contributed by atoms with E-state index >= 15 is 0 Å². The lowest BCUT2D eigenvalue weighted by Crippen LogP contribution is -2.66. The first-order chi connectivity index (χ1) is 15.7. The quantitative estimate of drug-likeness (QED) is 0.410. The van der Waals surface area contributed by atoms with Crippen LogP contribution >= 0.6 is 0 Å². The van der Waals surface area contributed by atoms with Gasteiger partial charge < -0.3 is 20.4 Å². The molecule has 4 aliphatic rings. The Morgan fingerprint density at radius 3 is 2.44 bits per heavy atom. The van der Waals surface area contributed by atoms with Crippen molar-refractivity contribution in [3.05, 3.63) is 23.3 Å². The molecule has 0 aromatic heterocycles. The normalized spacial score (nSPS) is 49.0. The molecule has 4 N–H and O–H groups in total. The summed E-state index contributed by atoms with van der Waals surface area (Å²) in [5, 5.41) is 43.3. The maximum absolute atomic E-state index is 11.8. The van der Waals surface area contributed by atoms with Gasteiger partial charge in [0, 0.05) is 17.8 Å². The molecule has 0 saturated heterocycles. The van der Waals surface area contributed by atoms with Gasteiger partial charge in [0.05, 0.1) is 24.9 Å². The third-order valence-corrected chi connectivity index (χ3v) is 12.0. The van der Waals surface area contributed by atoms with Gasteiger partial charge in [0.2, 0.25) is 0 Å². The maximum atomic E-state index is 11.8. The molecule has 0 heterocycles. The Morgan fingerprint density at radius 2 is 1.79 bits per heavy atom. The molecule has 0 bridgehead atoms. The van der Waals surface area contributed by atoms with Crippen molar-refractivity contribution in [2.75, 3.05) is 6.61 Å². The first-order valence-corrected chi connectivity index (χ1v) is 13.8. The van der Waals surface area contributed by atoms with Gasteiger partial charge >= 0.3 is 0 Å². The van der Waals surface area contributed by atoms with Crippen molar-refractivity contribution in [1.82, 2.24) is 0 Å². The molecule has 0 radical (unpaired) electrons. The summed E-state index contributed by atoms with van der Waals surface area (Å²) in [6, 6.07) is 0. The van der Waals surface area contributed by atoms with Crippen molar-refractivity contribution in [2.45, 2.75) is 112 Å². The first kappa shape index (κ1) is 26.4. The van der Waals surface area contributed by atoms with Crippen molar-refractivity contribution in [2.24, 2.45) is 45.3 Å². The Bertz CT molecular complexity index is 845. The number of hydrogen-bond acceptors (Lipinski definition) is 4. The molecule has 3 fully saturated rings. The second kappa shape index (κ2) is 8.71. The third-order valence-electron chi connectivity index (χ3n) is 12.0. The summed E-state index contributed by atoms with van der Waals surface area (Å²) < 4.78 is 0. The van der Waals surface area contributed by atoms with Crippen LogP contribution in [0.5, 0.6) is 0 Å². The summed E-state index contributed by atoms with van der Waals surface area (Å²) in [5.74, 6) is 1.21. The van der Waals surface area contributed by atoms with E-state index in [0.717, 1.165) is 37.7 Å². The Hall–Kier alpha value is -0.680. The second-order valence-corrected chi connectivity index (χ2v) is 13.8. The van der Waals surface area contributed by atoms with Crippen LogP contribution in [0.1, 0.15) is 93.4 Å². The summed E-state index contributed by atoms with van der Waals surface area (Å²) in [4.78, 5) is 0. The maximum Gasteiger partial charge on any atom is 0.0639 e. The Balaban J connectivity index is 1.67. The second-order valence-electron chi connectivity index (χ2n) is 13.8. The molecule has 0 spiro atoms. The minimum absolute atomic E-state index is 0.0284. The van der Waals surface area contributed by atoms with Crippen molar-refractivity contribution in [1.29, 1.82) is 0 Å². The first-order valence-electron chi connectivity index (χ1n) is 13.8. The predicted molar refractivity (Wildman–Crippen MR) is 137 cm³/mol. The smallest absolute Gasteiger partial charge is 0.0639 e. The molecule has 4 heteroatoms. The largest absolute Gasteiger partial charge is 0.392 e. The molecule has 4 rings (SSSR count). The number of rotatable bonds is 5. The van der Waals surface area contributed by atoms with E-state index in [2.05, 4.69) is 53.7 Å². The van der Waals surface area contributed by atoms with E-state index in [1.807, 2.05) is 6.92 Å². The number of hydrogen-bond donors (Lipinski definition) is 4. The molecular weight excluding hydrogens is 424 g/mol. The van der Waals surface area contributed by atoms with Crippen LogP contribution in [0.3, 0.4) is 0 Å². The van der Waals surface area contributed by atoms with Crippen LogP contribution in [0.2, 0.25) is 0 Å². The zero-order valence-electron chi connectivity index (χ0n) is 22.6. The molecule has 0 aromatic carbocycles. The molecule has 0 amide bonds. The van der Waals surface area contributed by atoms with Gasteiger partial charge in [-0.1, -0.05) is 64.8 Å². The van der Waals surface area contributed by atoms with Crippen LogP contribution in [-0.2, 0) is 0 Å². The minimum Gasteiger partial charge on any atom is -0.392 e. The van der Waals surface area contributed by atoms with Crippen LogP contribution in [0.25, 0.3) is 0 Å². The minimum atomic E-state index is -0.602. The SMILES string of the molecule is CC(=CCCC(C)C1CCC2(C)C3=CCC4C(C)(C)C(O)CC(O)C4(C)C3C(O)CC12C)CO. The van der Waals surface area contributed by atoms with E-state index in [-0.39, 0.29) is 34.7 Å². The van der Waals surface area contributed by atoms with E-state index in [9.17, 15) is 20.4 Å². The zero-order valence-corrected chi connectivity index (χ0v) is 22.6. The van der Waals surface area contributed by atoms with E-state index in [4.69, 9.17) is 0 Å². The highest BCUT2D eigenvalue weighted by Crippen LogP contribution is 2.73. The molecule has 10 atom stereocenters. The lowest BCUT2D eigenvalue weighted by atomic mass is 9.39. The van der Waals surface area contributed by atoms with Crippen LogP contribution in [0, 0.1) is 45.3 Å². The van der Waals surface area contributed by atoms with Gasteiger partial charge in [-0.15, -0.1) is 0 Å². The van der Waals surface area contributed by atoms with E-state index in [0.29, 0.717) is 18.3 Å². The van der Waals surface area contributed by atoms with Gasteiger partial charge in [-0.25, -0.2) is 0 Å². The fourth-order valence-electron chi connectivity index (χ4n) is 9.55. The van der Waals surface area contributed by atoms with Crippen molar-refractivity contribution in [3.63, 3.8) is 0 Å². The fraction of sp³-hybridized carbons (Fsp3) is 0.867. The predicted octanol–water partition coefficient (Wildman–Crippen LogP) is 5.25. The van der Waals surface area contributed by atoms with Crippen molar-refractivity contribution < 1.29 is 20.4 Å². The van der Waals surface area contributed by atoms with Gasteiger partial charge in [0.25, 0.3) is 0 Å². The van der Waals surface area contributed by atoms with E-state index in [1.165, 1.54) is 12.0 Å². The highest BCUT2D eigenvalue weighted by atomic mass is 16.3. The monoisotopic (exact) mass is 474 g/mol. The third kappa shape index (κ3) is 3.53. The van der Waals surface area contributed by atoms with Crippen molar-refractivity contribution in [3.8, 4) is 0 Å². The highest BCUT2D eigenvalue weighted by molar-refractivity contribution is 5.35. The lowest BCUT2D eigenvalue weighted by molar-refractivity contribution is -0.208. The average molecular weight is 475 g/mol. The summed E-state index contributed by atoms with van der Waals surface area (Å²) in [7, 11) is 0. The van der Waals surface area contributed by atoms with Gasteiger partial charge in [-0.3, -0.25) is 0 Å². The van der Waals surface area contributed by atoms with Crippen LogP contribution in [0.4, 0.5) is 0 Å². The molecule has 34 heavy (non-hydrogen) atoms. The summed E-state index contributed by atoms with van der Waals surface area (Å²) in [6.07, 6.45) is 9.47. The number of aliphatic hydroxyl groups is 4. The van der Waals surface area contributed by atoms with Gasteiger partial charge in [-0.2, -0.15) is 0 Å². The molecule has 3 saturated carbocycles. The molecule has 4 aliphatic carbocycles. The molecule has 4 nitrogen and oxygen atoms in total. The molecule has 194 valence electrons. The Kier molecular flexibility index (Phi) is 6.76. The standard InChI is InChI=1S/C30H50O4/c1-18(17-31)9-8-10-19(2)20-13-14-28(5)21-11-12-23-27(3,4)24(33)15-25(34)30(23,7)26(21)22(32)16-29(20,28)6/h9,11,19-20,22-26,31-34H,8,10,12-17H2,1-7H3. The summed E-state index contributed by atoms with van der Waals surface area (Å²) in [6.45, 7) is 15.9. The average Bonchev–Trinajstić information content (AvgIpc) is 3.03.